The Kier molecular flexibility index (Phi) is 4.12. The third-order valence-electron chi connectivity index (χ3n) is 4.37. The van der Waals surface area contributed by atoms with Gasteiger partial charge in [-0.15, -0.1) is 0 Å². The summed E-state index contributed by atoms with van der Waals surface area (Å²) in [6, 6.07) is 10.5. The van der Waals surface area contributed by atoms with Crippen LogP contribution in [0.15, 0.2) is 53.6 Å². The van der Waals surface area contributed by atoms with E-state index in [-0.39, 0.29) is 10.6 Å². The second-order valence-electron chi connectivity index (χ2n) is 6.02. The molecule has 1 saturated heterocycles. The molecule has 6 nitrogen and oxygen atoms in total. The molecule has 0 spiro atoms. The molecule has 1 aromatic heterocycles. The summed E-state index contributed by atoms with van der Waals surface area (Å²) >= 11 is 0. The molecule has 0 unspecified atom stereocenters. The molecule has 2 aromatic carbocycles. The summed E-state index contributed by atoms with van der Waals surface area (Å²) in [5, 5.41) is 7.90. The van der Waals surface area contributed by atoms with Crippen LogP contribution in [0.4, 0.5) is 8.78 Å². The van der Waals surface area contributed by atoms with Gasteiger partial charge in [0.25, 0.3) is 10.0 Å². The van der Waals surface area contributed by atoms with E-state index in [0.29, 0.717) is 16.8 Å². The van der Waals surface area contributed by atoms with Crippen LogP contribution in [0.3, 0.4) is 0 Å². The number of alkyl halides is 2. The second kappa shape index (κ2) is 6.33. The first-order valence-electron chi connectivity index (χ1n) is 7.94. The molecule has 0 atom stereocenters. The van der Waals surface area contributed by atoms with Crippen LogP contribution in [0.1, 0.15) is 11.5 Å². The Bertz CT molecular complexity index is 1060. The molecule has 1 aliphatic heterocycles. The van der Waals surface area contributed by atoms with Crippen molar-refractivity contribution in [1.29, 1.82) is 0 Å². The predicted octanol–water partition coefficient (Wildman–Crippen LogP) is 2.56. The molecule has 1 aliphatic rings. The summed E-state index contributed by atoms with van der Waals surface area (Å²) < 4.78 is 55.7. The first-order valence-corrected chi connectivity index (χ1v) is 9.38. The number of halogens is 2. The van der Waals surface area contributed by atoms with Gasteiger partial charge < -0.3 is 10.1 Å². The van der Waals surface area contributed by atoms with Gasteiger partial charge in [-0.3, -0.25) is 0 Å². The minimum absolute atomic E-state index is 0.173. The predicted molar refractivity (Wildman–Crippen MR) is 91.0 cm³/mol. The third kappa shape index (κ3) is 2.93. The van der Waals surface area contributed by atoms with Crippen molar-refractivity contribution in [1.82, 2.24) is 14.5 Å². The van der Waals surface area contributed by atoms with E-state index >= 15 is 0 Å². The topological polar surface area (TPSA) is 73.2 Å². The molecule has 3 aromatic rings. The fourth-order valence-electron chi connectivity index (χ4n) is 2.91. The summed E-state index contributed by atoms with van der Waals surface area (Å²) in [5.41, 5.74) is 1.56. The Balaban J connectivity index is 1.74. The number of nitrogens with one attached hydrogen (secondary N) is 1. The van der Waals surface area contributed by atoms with Crippen molar-refractivity contribution in [2.45, 2.75) is 17.4 Å². The molecule has 1 N–H and O–H groups in total. The lowest BCUT2D eigenvalue weighted by molar-refractivity contribution is -0.0499. The highest BCUT2D eigenvalue weighted by Gasteiger charge is 2.23. The Morgan fingerprint density at radius 3 is 2.69 bits per heavy atom. The van der Waals surface area contributed by atoms with Gasteiger partial charge in [0.15, 0.2) is 0 Å². The molecule has 0 saturated carbocycles. The zero-order valence-electron chi connectivity index (χ0n) is 13.5. The van der Waals surface area contributed by atoms with Gasteiger partial charge in [-0.1, -0.05) is 12.1 Å². The van der Waals surface area contributed by atoms with Gasteiger partial charge in [0, 0.05) is 30.5 Å². The first kappa shape index (κ1) is 16.9. The molecular formula is C17H15F2N3O3S. The van der Waals surface area contributed by atoms with Crippen LogP contribution in [0.2, 0.25) is 0 Å². The Morgan fingerprint density at radius 2 is 2.00 bits per heavy atom. The van der Waals surface area contributed by atoms with Gasteiger partial charge in [-0.2, -0.15) is 26.4 Å². The zero-order chi connectivity index (χ0) is 18.3. The summed E-state index contributed by atoms with van der Waals surface area (Å²) in [4.78, 5) is -0.173. The van der Waals surface area contributed by atoms with Crippen LogP contribution in [0.25, 0.3) is 10.9 Å². The molecule has 0 bridgehead atoms. The number of ether oxygens (including phenoxy) is 1. The number of benzene rings is 2. The van der Waals surface area contributed by atoms with E-state index < -0.39 is 16.6 Å². The SMILES string of the molecule is O=S(=O)(c1cccc(OC(F)F)c1)n1ncc2cc(C3CNC3)ccc21. The van der Waals surface area contributed by atoms with Crippen molar-refractivity contribution in [3.05, 3.63) is 54.2 Å². The lowest BCUT2D eigenvalue weighted by atomic mass is 9.93. The number of hydrogen-bond acceptors (Lipinski definition) is 5. The van der Waals surface area contributed by atoms with Gasteiger partial charge in [-0.25, -0.2) is 0 Å². The molecule has 136 valence electrons. The smallest absolute Gasteiger partial charge is 0.387 e. The van der Waals surface area contributed by atoms with Crippen LogP contribution in [0, 0.1) is 0 Å². The number of aromatic nitrogens is 2. The Labute approximate surface area is 148 Å². The first-order chi connectivity index (χ1) is 12.4. The summed E-state index contributed by atoms with van der Waals surface area (Å²) in [6.45, 7) is -1.23. The van der Waals surface area contributed by atoms with E-state index in [4.69, 9.17) is 0 Å². The Morgan fingerprint density at radius 1 is 1.19 bits per heavy atom. The van der Waals surface area contributed by atoms with Crippen molar-refractivity contribution < 1.29 is 21.9 Å². The molecule has 0 aliphatic carbocycles. The minimum atomic E-state index is -4.04. The van der Waals surface area contributed by atoms with E-state index in [1.165, 1.54) is 24.4 Å². The van der Waals surface area contributed by atoms with Crippen molar-refractivity contribution in [3.63, 3.8) is 0 Å². The van der Waals surface area contributed by atoms with Gasteiger partial charge >= 0.3 is 6.61 Å². The molecule has 26 heavy (non-hydrogen) atoms. The average Bonchev–Trinajstić information content (AvgIpc) is 2.97. The largest absolute Gasteiger partial charge is 0.435 e. The molecule has 9 heteroatoms. The summed E-state index contributed by atoms with van der Waals surface area (Å²) in [5.74, 6) is 0.194. The van der Waals surface area contributed by atoms with Crippen molar-refractivity contribution in [2.75, 3.05) is 13.1 Å². The van der Waals surface area contributed by atoms with E-state index in [0.717, 1.165) is 28.8 Å². The van der Waals surface area contributed by atoms with Crippen LogP contribution < -0.4 is 10.1 Å². The standard InChI is InChI=1S/C17H15F2N3O3S/c18-17(19)25-14-2-1-3-15(7-14)26(23,24)22-16-5-4-11(13-8-20-9-13)6-12(16)10-21-22/h1-7,10,13,17,20H,8-9H2. The average molecular weight is 379 g/mol. The molecule has 1 fully saturated rings. The van der Waals surface area contributed by atoms with Gasteiger partial charge in [0.2, 0.25) is 0 Å². The van der Waals surface area contributed by atoms with E-state index in [2.05, 4.69) is 15.2 Å². The number of hydrogen-bond donors (Lipinski definition) is 1. The zero-order valence-corrected chi connectivity index (χ0v) is 14.3. The van der Waals surface area contributed by atoms with E-state index in [1.807, 2.05) is 12.1 Å². The number of rotatable bonds is 5. The lowest BCUT2D eigenvalue weighted by Gasteiger charge is -2.27. The summed E-state index contributed by atoms with van der Waals surface area (Å²) in [6.07, 6.45) is 1.49. The highest BCUT2D eigenvalue weighted by atomic mass is 32.2. The lowest BCUT2D eigenvalue weighted by Crippen LogP contribution is -2.39. The van der Waals surface area contributed by atoms with Crippen LogP contribution >= 0.6 is 0 Å². The highest BCUT2D eigenvalue weighted by Crippen LogP contribution is 2.27. The highest BCUT2D eigenvalue weighted by molar-refractivity contribution is 7.90. The van der Waals surface area contributed by atoms with Gasteiger partial charge in [0.05, 0.1) is 16.6 Å². The van der Waals surface area contributed by atoms with Crippen LogP contribution in [0.5, 0.6) is 5.75 Å². The molecule has 4 rings (SSSR count). The summed E-state index contributed by atoms with van der Waals surface area (Å²) in [7, 11) is -4.04. The van der Waals surface area contributed by atoms with Crippen LogP contribution in [-0.2, 0) is 10.0 Å². The quantitative estimate of drug-likeness (QED) is 0.738. The van der Waals surface area contributed by atoms with Crippen molar-refractivity contribution >= 4 is 20.9 Å². The van der Waals surface area contributed by atoms with Gasteiger partial charge in [-0.05, 0) is 29.8 Å². The van der Waals surface area contributed by atoms with Gasteiger partial charge in [0.1, 0.15) is 5.75 Å². The molecule has 0 amide bonds. The number of fused-ring (bicyclic) bond motifs is 1. The maximum absolute atomic E-state index is 12.9. The van der Waals surface area contributed by atoms with Crippen LogP contribution in [-0.4, -0.2) is 37.3 Å². The van der Waals surface area contributed by atoms with Crippen molar-refractivity contribution in [2.24, 2.45) is 0 Å². The fourth-order valence-corrected chi connectivity index (χ4v) is 4.22. The maximum atomic E-state index is 12.9. The fraction of sp³-hybridized carbons (Fsp3) is 0.235. The van der Waals surface area contributed by atoms with Crippen molar-refractivity contribution in [3.8, 4) is 5.75 Å². The van der Waals surface area contributed by atoms with E-state index in [9.17, 15) is 17.2 Å². The van der Waals surface area contributed by atoms with E-state index in [1.54, 1.807) is 6.07 Å². The Hall–Kier alpha value is -2.52. The monoisotopic (exact) mass is 379 g/mol. The third-order valence-corrected chi connectivity index (χ3v) is 5.96. The molecular weight excluding hydrogens is 364 g/mol. The molecule has 2 heterocycles. The normalized spacial score (nSPS) is 15.3. The molecule has 0 radical (unpaired) electrons. The maximum Gasteiger partial charge on any atom is 0.387 e. The second-order valence-corrected chi connectivity index (χ2v) is 7.79. The number of nitrogens with zero attached hydrogens (tertiary/aromatic N) is 2. The minimum Gasteiger partial charge on any atom is -0.435 e.